The number of aromatic nitrogens is 4. The summed E-state index contributed by atoms with van der Waals surface area (Å²) in [5, 5.41) is 10.7. The highest BCUT2D eigenvalue weighted by atomic mass is 32.2. The third kappa shape index (κ3) is 3.98. The molecular weight excluding hydrogens is 346 g/mol. The van der Waals surface area contributed by atoms with Crippen molar-refractivity contribution in [1.82, 2.24) is 24.9 Å². The molecule has 0 saturated heterocycles. The molecule has 0 atom stereocenters. The fourth-order valence-corrected chi connectivity index (χ4v) is 2.98. The van der Waals surface area contributed by atoms with E-state index in [1.54, 1.807) is 25.1 Å². The average Bonchev–Trinajstić information content (AvgIpc) is 3.24. The zero-order valence-electron chi connectivity index (χ0n) is 13.0. The first-order valence-corrected chi connectivity index (χ1v) is 8.57. The van der Waals surface area contributed by atoms with Gasteiger partial charge in [-0.1, -0.05) is 6.07 Å². The molecule has 0 fully saturated rings. The second-order valence-electron chi connectivity index (χ2n) is 5.00. The first kappa shape index (κ1) is 16.6. The Kier molecular flexibility index (Phi) is 4.44. The minimum absolute atomic E-state index is 0.0870. The maximum Gasteiger partial charge on any atom is 0.264 e. The summed E-state index contributed by atoms with van der Waals surface area (Å²) in [6.45, 7) is 1.76. The molecule has 1 amide bonds. The molecule has 128 valence electrons. The van der Waals surface area contributed by atoms with Gasteiger partial charge in [-0.25, -0.2) is 17.8 Å². The van der Waals surface area contributed by atoms with Crippen LogP contribution in [0.3, 0.4) is 0 Å². The Hall–Kier alpha value is -3.27. The number of hydrogen-bond donors (Lipinski definition) is 1. The van der Waals surface area contributed by atoms with E-state index >= 15 is 0 Å². The summed E-state index contributed by atoms with van der Waals surface area (Å²) in [7, 11) is -4.04. The number of hydrogen-bond acceptors (Lipinski definition) is 7. The van der Waals surface area contributed by atoms with Crippen molar-refractivity contribution in [3.63, 3.8) is 0 Å². The molecular formula is C15H13N5O4S. The van der Waals surface area contributed by atoms with E-state index in [0.29, 0.717) is 17.2 Å². The highest BCUT2D eigenvalue weighted by Crippen LogP contribution is 2.14. The normalized spacial score (nSPS) is 11.7. The zero-order chi connectivity index (χ0) is 17.9. The van der Waals surface area contributed by atoms with Crippen molar-refractivity contribution >= 4 is 22.0 Å². The minimum Gasteiger partial charge on any atom is -0.462 e. The molecule has 0 spiro atoms. The number of amides is 1. The van der Waals surface area contributed by atoms with Gasteiger partial charge in [0.05, 0.1) is 10.6 Å². The van der Waals surface area contributed by atoms with Crippen LogP contribution in [0, 0.1) is 6.92 Å². The predicted molar refractivity (Wildman–Crippen MR) is 87.0 cm³/mol. The second-order valence-corrected chi connectivity index (χ2v) is 6.69. The van der Waals surface area contributed by atoms with Gasteiger partial charge < -0.3 is 4.42 Å². The van der Waals surface area contributed by atoms with Gasteiger partial charge in [0.15, 0.2) is 0 Å². The highest BCUT2D eigenvalue weighted by molar-refractivity contribution is 7.90. The van der Waals surface area contributed by atoms with E-state index in [1.165, 1.54) is 35.3 Å². The monoisotopic (exact) mass is 359 g/mol. The van der Waals surface area contributed by atoms with Gasteiger partial charge in [-0.15, -0.1) is 5.10 Å². The van der Waals surface area contributed by atoms with Crippen LogP contribution in [-0.4, -0.2) is 34.5 Å². The molecule has 25 heavy (non-hydrogen) atoms. The number of carbonyl (C=O) groups is 1. The van der Waals surface area contributed by atoms with Crippen molar-refractivity contribution in [2.24, 2.45) is 0 Å². The summed E-state index contributed by atoms with van der Waals surface area (Å²) in [6, 6.07) is 9.28. The molecule has 3 aromatic rings. The van der Waals surface area contributed by atoms with Gasteiger partial charge in [0.1, 0.15) is 17.8 Å². The quantitative estimate of drug-likeness (QED) is 0.677. The fourth-order valence-electron chi connectivity index (χ4n) is 2.00. The number of furan rings is 1. The van der Waals surface area contributed by atoms with Crippen molar-refractivity contribution in [2.45, 2.75) is 11.8 Å². The molecule has 3 rings (SSSR count). The van der Waals surface area contributed by atoms with Crippen LogP contribution < -0.4 is 4.72 Å². The molecule has 0 aliphatic heterocycles. The minimum atomic E-state index is -4.04. The van der Waals surface area contributed by atoms with Crippen molar-refractivity contribution in [1.29, 1.82) is 0 Å². The molecule has 2 aromatic heterocycles. The number of nitrogens with one attached hydrogen (secondary N) is 1. The summed E-state index contributed by atoms with van der Waals surface area (Å²) in [6.07, 6.45) is 3.80. The number of rotatable bonds is 5. The van der Waals surface area contributed by atoms with E-state index in [-0.39, 0.29) is 4.90 Å². The van der Waals surface area contributed by atoms with Crippen LogP contribution in [-0.2, 0) is 14.8 Å². The largest absolute Gasteiger partial charge is 0.462 e. The van der Waals surface area contributed by atoms with Crippen LogP contribution in [0.15, 0.2) is 58.1 Å². The standard InChI is InChI=1S/C15H13N5O4S/c1-11-5-6-13(24-11)7-8-15(21)17-25(22,23)14-4-2-3-12(9-14)20-10-16-18-19-20/h2-10H,1H3,(H,17,21)/b8-7+. The van der Waals surface area contributed by atoms with Crippen molar-refractivity contribution in [3.8, 4) is 5.69 Å². The van der Waals surface area contributed by atoms with Gasteiger partial charge in [0, 0.05) is 6.08 Å². The second kappa shape index (κ2) is 6.69. The summed E-state index contributed by atoms with van der Waals surface area (Å²) in [5.41, 5.74) is 0.446. The third-order valence-electron chi connectivity index (χ3n) is 3.14. The average molecular weight is 359 g/mol. The van der Waals surface area contributed by atoms with Crippen molar-refractivity contribution in [3.05, 3.63) is 60.3 Å². The van der Waals surface area contributed by atoms with Gasteiger partial charge in [-0.05, 0) is 53.8 Å². The van der Waals surface area contributed by atoms with Gasteiger partial charge in [-0.2, -0.15) is 0 Å². The summed E-state index contributed by atoms with van der Waals surface area (Å²) < 4.78 is 33.2. The molecule has 10 heteroatoms. The van der Waals surface area contributed by atoms with Crippen LogP contribution in [0.25, 0.3) is 11.8 Å². The summed E-state index contributed by atoms with van der Waals surface area (Å²) in [4.78, 5) is 11.8. The first-order chi connectivity index (χ1) is 11.9. The van der Waals surface area contributed by atoms with E-state index in [2.05, 4.69) is 15.5 Å². The molecule has 2 heterocycles. The first-order valence-electron chi connectivity index (χ1n) is 7.09. The molecule has 0 unspecified atom stereocenters. The van der Waals surface area contributed by atoms with E-state index < -0.39 is 15.9 Å². The van der Waals surface area contributed by atoms with Crippen LogP contribution in [0.2, 0.25) is 0 Å². The summed E-state index contributed by atoms with van der Waals surface area (Å²) in [5.74, 6) is 0.347. The molecule has 0 radical (unpaired) electrons. The fraction of sp³-hybridized carbons (Fsp3) is 0.0667. The molecule has 0 aliphatic rings. The van der Waals surface area contributed by atoms with Crippen LogP contribution in [0.5, 0.6) is 0 Å². The third-order valence-corrected chi connectivity index (χ3v) is 4.48. The Balaban J connectivity index is 1.76. The number of sulfonamides is 1. The lowest BCUT2D eigenvalue weighted by atomic mass is 10.3. The van der Waals surface area contributed by atoms with Crippen molar-refractivity contribution < 1.29 is 17.6 Å². The van der Waals surface area contributed by atoms with E-state index in [4.69, 9.17) is 4.42 Å². The Morgan fingerprint density at radius 2 is 2.12 bits per heavy atom. The van der Waals surface area contributed by atoms with E-state index in [1.807, 2.05) is 4.72 Å². The molecule has 1 N–H and O–H groups in total. The van der Waals surface area contributed by atoms with Crippen LogP contribution in [0.1, 0.15) is 11.5 Å². The van der Waals surface area contributed by atoms with Gasteiger partial charge in [0.2, 0.25) is 0 Å². The predicted octanol–water partition coefficient (Wildman–Crippen LogP) is 1.08. The number of carbonyl (C=O) groups excluding carboxylic acids is 1. The number of tetrazole rings is 1. The molecule has 0 aliphatic carbocycles. The Morgan fingerprint density at radius 3 is 2.80 bits per heavy atom. The number of nitrogens with zero attached hydrogens (tertiary/aromatic N) is 4. The lowest BCUT2D eigenvalue weighted by Crippen LogP contribution is -2.29. The molecule has 1 aromatic carbocycles. The van der Waals surface area contributed by atoms with E-state index in [0.717, 1.165) is 6.08 Å². The van der Waals surface area contributed by atoms with Gasteiger partial charge in [-0.3, -0.25) is 4.79 Å². The zero-order valence-corrected chi connectivity index (χ0v) is 13.8. The highest BCUT2D eigenvalue weighted by Gasteiger charge is 2.17. The molecule has 0 saturated carbocycles. The lowest BCUT2D eigenvalue weighted by molar-refractivity contribution is -0.114. The SMILES string of the molecule is Cc1ccc(/C=C/C(=O)NS(=O)(=O)c2cccc(-n3cnnn3)c2)o1. The Morgan fingerprint density at radius 1 is 1.28 bits per heavy atom. The summed E-state index contributed by atoms with van der Waals surface area (Å²) >= 11 is 0. The maximum absolute atomic E-state index is 12.3. The Labute approximate surface area is 143 Å². The Bertz CT molecular complexity index is 1020. The van der Waals surface area contributed by atoms with Crippen molar-refractivity contribution in [2.75, 3.05) is 0 Å². The molecule has 0 bridgehead atoms. The van der Waals surface area contributed by atoms with Crippen LogP contribution >= 0.6 is 0 Å². The topological polar surface area (TPSA) is 120 Å². The lowest BCUT2D eigenvalue weighted by Gasteiger charge is -2.06. The number of benzene rings is 1. The van der Waals surface area contributed by atoms with Crippen LogP contribution in [0.4, 0.5) is 0 Å². The van der Waals surface area contributed by atoms with Gasteiger partial charge in [0.25, 0.3) is 15.9 Å². The maximum atomic E-state index is 12.3. The smallest absolute Gasteiger partial charge is 0.264 e. The van der Waals surface area contributed by atoms with Gasteiger partial charge >= 0.3 is 0 Å². The van der Waals surface area contributed by atoms with E-state index in [9.17, 15) is 13.2 Å². The number of aryl methyl sites for hydroxylation is 1. The molecule has 9 nitrogen and oxygen atoms in total.